The molecule has 0 saturated carbocycles. The first kappa shape index (κ1) is 46.8. The molecule has 0 aliphatic rings. The van der Waals surface area contributed by atoms with Gasteiger partial charge in [0.2, 0.25) is 0 Å². The van der Waals surface area contributed by atoms with Crippen molar-refractivity contribution in [1.29, 1.82) is 0 Å². The highest BCUT2D eigenvalue weighted by Gasteiger charge is 2.42. The van der Waals surface area contributed by atoms with Crippen molar-refractivity contribution in [3.8, 4) is 5.75 Å². The van der Waals surface area contributed by atoms with Crippen LogP contribution in [0.15, 0.2) is 49.1 Å². The number of aliphatic hydroxyl groups excluding tert-OH is 1. The number of carbonyl (C=O) groups excluding carboxylic acids is 1. The number of benzene rings is 1. The molecule has 0 fully saturated rings. The molecule has 0 saturated heterocycles. The van der Waals surface area contributed by atoms with E-state index in [-0.39, 0.29) is 44.7 Å². The number of carbonyl (C=O) groups is 1. The van der Waals surface area contributed by atoms with E-state index in [1.807, 2.05) is 30.3 Å². The van der Waals surface area contributed by atoms with E-state index >= 15 is 0 Å². The summed E-state index contributed by atoms with van der Waals surface area (Å²) in [5, 5.41) is 12.1. The Morgan fingerprint density at radius 3 is 1.76 bits per heavy atom. The van der Waals surface area contributed by atoms with E-state index in [1.54, 1.807) is 7.11 Å². The molecule has 0 heterocycles. The van der Waals surface area contributed by atoms with Crippen molar-refractivity contribution in [2.24, 2.45) is 5.41 Å². The Morgan fingerprint density at radius 2 is 1.32 bits per heavy atom. The molecule has 0 unspecified atom stereocenters. The number of ether oxygens (including phenoxy) is 2. The molecule has 288 valence electrons. The lowest BCUT2D eigenvalue weighted by Crippen LogP contribution is -2.46. The Labute approximate surface area is 313 Å². The molecule has 0 radical (unpaired) electrons. The van der Waals surface area contributed by atoms with E-state index in [2.05, 4.69) is 116 Å². The van der Waals surface area contributed by atoms with Crippen LogP contribution in [-0.2, 0) is 25.0 Å². The van der Waals surface area contributed by atoms with E-state index in [0.717, 1.165) is 23.3 Å². The van der Waals surface area contributed by atoms with Crippen molar-refractivity contribution >= 4 is 33.5 Å². The molecule has 1 aromatic carbocycles. The number of thioether (sulfide) groups is 1. The molecule has 0 amide bonds. The molecule has 1 N–H and O–H groups in total. The molecule has 1 rings (SSSR count). The van der Waals surface area contributed by atoms with Gasteiger partial charge in [-0.15, -0.1) is 6.58 Å². The van der Waals surface area contributed by atoms with Crippen LogP contribution >= 0.6 is 11.8 Å². The predicted octanol–water partition coefficient (Wildman–Crippen LogP) is 11.5. The van der Waals surface area contributed by atoms with E-state index < -0.39 is 28.2 Å². The van der Waals surface area contributed by atoms with Crippen LogP contribution in [0.25, 0.3) is 0 Å². The summed E-state index contributed by atoms with van der Waals surface area (Å²) in [6.07, 6.45) is 2.91. The lowest BCUT2D eigenvalue weighted by molar-refractivity contribution is -0.113. The van der Waals surface area contributed by atoms with Crippen LogP contribution in [-0.4, -0.2) is 63.1 Å². The van der Waals surface area contributed by atoms with E-state index in [1.165, 1.54) is 11.8 Å². The third kappa shape index (κ3) is 15.4. The summed E-state index contributed by atoms with van der Waals surface area (Å²) in [5.41, 5.74) is 1.33. The summed E-state index contributed by atoms with van der Waals surface area (Å²) in [7, 11) is -2.62. The van der Waals surface area contributed by atoms with Gasteiger partial charge >= 0.3 is 0 Å². The van der Waals surface area contributed by atoms with Crippen molar-refractivity contribution in [2.45, 2.75) is 180 Å². The van der Waals surface area contributed by atoms with Gasteiger partial charge in [0, 0.05) is 23.0 Å². The van der Waals surface area contributed by atoms with Crippen LogP contribution < -0.4 is 4.74 Å². The van der Waals surface area contributed by atoms with Gasteiger partial charge in [0.1, 0.15) is 5.75 Å². The Kier molecular flexibility index (Phi) is 17.5. The van der Waals surface area contributed by atoms with Gasteiger partial charge in [0.15, 0.2) is 21.8 Å². The average Bonchev–Trinajstić information content (AvgIpc) is 2.93. The first-order valence-electron chi connectivity index (χ1n) is 18.3. The van der Waals surface area contributed by atoms with Crippen LogP contribution in [0.2, 0.25) is 36.3 Å². The topological polar surface area (TPSA) is 74.2 Å². The van der Waals surface area contributed by atoms with E-state index in [9.17, 15) is 9.90 Å². The average molecular weight is 751 g/mol. The SMILES string of the molecule is C=CC[C@@H](CC(=C)C(C)(C)[C@@H](O)C[C@@H](C[C@H](CC(=O)SC(C)(C)C)O[Si](C)(C)C(C)(C)C)OCc1ccc(OC)cc1)O[Si](C)(C)C(C)(C)C. The number of methoxy groups -OCH3 is 1. The zero-order valence-electron chi connectivity index (χ0n) is 34.7. The van der Waals surface area contributed by atoms with Crippen molar-refractivity contribution in [2.75, 3.05) is 7.11 Å². The molecular weight excluding hydrogens is 677 g/mol. The van der Waals surface area contributed by atoms with Crippen molar-refractivity contribution in [1.82, 2.24) is 0 Å². The maximum absolute atomic E-state index is 13.4. The molecule has 0 aliphatic heterocycles. The van der Waals surface area contributed by atoms with Crippen LogP contribution in [0.4, 0.5) is 0 Å². The fraction of sp³-hybridized carbons (Fsp3) is 0.732. The Hall–Kier alpha value is -1.21. The molecule has 9 heteroatoms. The monoisotopic (exact) mass is 750 g/mol. The van der Waals surface area contributed by atoms with E-state index in [0.29, 0.717) is 25.9 Å². The molecular formula is C41H74O6SSi2. The third-order valence-electron chi connectivity index (χ3n) is 10.7. The molecule has 0 aliphatic carbocycles. The number of aliphatic hydroxyl groups is 1. The van der Waals surface area contributed by atoms with Crippen LogP contribution in [0.1, 0.15) is 114 Å². The fourth-order valence-electron chi connectivity index (χ4n) is 5.07. The molecule has 0 aromatic heterocycles. The predicted molar refractivity (Wildman–Crippen MR) is 220 cm³/mol. The Bertz CT molecular complexity index is 1220. The summed E-state index contributed by atoms with van der Waals surface area (Å²) in [6.45, 7) is 41.5. The number of hydrogen-bond acceptors (Lipinski definition) is 7. The first-order valence-corrected chi connectivity index (χ1v) is 25.0. The van der Waals surface area contributed by atoms with Crippen molar-refractivity contribution < 1.29 is 28.2 Å². The van der Waals surface area contributed by atoms with E-state index in [4.69, 9.17) is 18.3 Å². The summed E-state index contributed by atoms with van der Waals surface area (Å²) < 4.78 is 25.6. The zero-order chi connectivity index (χ0) is 38.9. The third-order valence-corrected chi connectivity index (χ3v) is 20.7. The van der Waals surface area contributed by atoms with Gasteiger partial charge in [-0.3, -0.25) is 4.79 Å². The molecule has 0 spiro atoms. The second kappa shape index (κ2) is 18.7. The first-order chi connectivity index (χ1) is 22.5. The zero-order valence-corrected chi connectivity index (χ0v) is 37.6. The highest BCUT2D eigenvalue weighted by molar-refractivity contribution is 8.14. The van der Waals surface area contributed by atoms with Crippen LogP contribution in [0.5, 0.6) is 5.75 Å². The van der Waals surface area contributed by atoms with Gasteiger partial charge in [-0.1, -0.05) is 118 Å². The largest absolute Gasteiger partial charge is 0.497 e. The minimum absolute atomic E-state index is 0.0291. The van der Waals surface area contributed by atoms with Crippen LogP contribution in [0.3, 0.4) is 0 Å². The number of rotatable bonds is 20. The van der Waals surface area contributed by atoms with Gasteiger partial charge in [-0.05, 0) is 73.2 Å². The summed E-state index contributed by atoms with van der Waals surface area (Å²) >= 11 is 1.36. The molecule has 50 heavy (non-hydrogen) atoms. The standard InChI is InChI=1S/C41H74O6SSi2/c1-19-20-33(46-49(15,16)39(6,7)8)25-30(2)41(12,13)36(42)27-34(45-29-31-21-23-32(44-14)24-22-31)26-35(28-37(43)48-38(3,4)5)47-50(17,18)40(9,10)11/h19,21-24,33-36,42H,1-2,20,25-29H2,3-18H3/t33-,34+,35+,36-/m0/s1. The highest BCUT2D eigenvalue weighted by Crippen LogP contribution is 2.42. The number of hydrogen-bond donors (Lipinski definition) is 1. The second-order valence-electron chi connectivity index (χ2n) is 18.6. The van der Waals surface area contributed by atoms with Crippen LogP contribution in [0, 0.1) is 5.41 Å². The fourth-order valence-corrected chi connectivity index (χ4v) is 8.75. The molecule has 1 aromatic rings. The Morgan fingerprint density at radius 1 is 0.820 bits per heavy atom. The maximum atomic E-state index is 13.4. The minimum atomic E-state index is -2.24. The highest BCUT2D eigenvalue weighted by atomic mass is 32.2. The molecule has 6 nitrogen and oxygen atoms in total. The quantitative estimate of drug-likeness (QED) is 0.105. The molecule has 4 atom stereocenters. The van der Waals surface area contributed by atoms with Gasteiger partial charge < -0.3 is 23.4 Å². The smallest absolute Gasteiger partial charge is 0.192 e. The van der Waals surface area contributed by atoms with Gasteiger partial charge in [-0.2, -0.15) is 0 Å². The van der Waals surface area contributed by atoms with Gasteiger partial charge in [-0.25, -0.2) is 0 Å². The lowest BCUT2D eigenvalue weighted by atomic mass is 9.75. The normalized spacial score (nSPS) is 16.0. The summed E-state index contributed by atoms with van der Waals surface area (Å²) in [6, 6.07) is 7.83. The summed E-state index contributed by atoms with van der Waals surface area (Å²) in [5.74, 6) is 0.783. The van der Waals surface area contributed by atoms with Gasteiger partial charge in [0.05, 0.1) is 38.1 Å². The lowest BCUT2D eigenvalue weighted by Gasteiger charge is -2.42. The van der Waals surface area contributed by atoms with Crippen molar-refractivity contribution in [3.63, 3.8) is 0 Å². The minimum Gasteiger partial charge on any atom is -0.497 e. The van der Waals surface area contributed by atoms with Crippen molar-refractivity contribution in [3.05, 3.63) is 54.6 Å². The maximum Gasteiger partial charge on any atom is 0.192 e. The van der Waals surface area contributed by atoms with Gasteiger partial charge in [0.25, 0.3) is 0 Å². The summed E-state index contributed by atoms with van der Waals surface area (Å²) in [4.78, 5) is 13.4. The molecule has 0 bridgehead atoms. The second-order valence-corrected chi connectivity index (χ2v) is 30.0. The Balaban J connectivity index is 3.41.